The number of aromatic hydroxyl groups is 1. The lowest BCUT2D eigenvalue weighted by molar-refractivity contribution is -0.141. The number of methoxy groups -OCH3 is 3. The van der Waals surface area contributed by atoms with E-state index in [1.54, 1.807) is 0 Å². The standard InChI is InChI=1S/C14H18O7S/c1-7(15)12(13(17)21-4)22-14(18)8-5-9(19-2)11(16)10(6-8)20-3/h5-7,12,15-16H,1-4H3/t7-,12+/m1/s1. The number of thioether (sulfide) groups is 1. The van der Waals surface area contributed by atoms with E-state index in [2.05, 4.69) is 4.74 Å². The zero-order valence-electron chi connectivity index (χ0n) is 12.7. The van der Waals surface area contributed by atoms with E-state index < -0.39 is 22.4 Å². The molecule has 0 amide bonds. The number of esters is 1. The third kappa shape index (κ3) is 4.05. The minimum absolute atomic E-state index is 0.0648. The smallest absolute Gasteiger partial charge is 0.321 e. The fraction of sp³-hybridized carbons (Fsp3) is 0.429. The third-order valence-corrected chi connectivity index (χ3v) is 4.11. The van der Waals surface area contributed by atoms with E-state index in [1.807, 2.05) is 0 Å². The summed E-state index contributed by atoms with van der Waals surface area (Å²) in [6.07, 6.45) is -1.07. The number of aliphatic hydroxyl groups excluding tert-OH is 1. The molecule has 0 fully saturated rings. The molecular weight excluding hydrogens is 312 g/mol. The summed E-state index contributed by atoms with van der Waals surface area (Å²) in [6, 6.07) is 2.65. The van der Waals surface area contributed by atoms with E-state index >= 15 is 0 Å². The number of rotatable bonds is 6. The lowest BCUT2D eigenvalue weighted by Crippen LogP contribution is -2.31. The van der Waals surface area contributed by atoms with Gasteiger partial charge in [0.05, 0.1) is 27.4 Å². The number of carbonyl (C=O) groups is 2. The summed E-state index contributed by atoms with van der Waals surface area (Å²) in [6.45, 7) is 1.39. The molecule has 0 aliphatic heterocycles. The monoisotopic (exact) mass is 330 g/mol. The molecule has 7 nitrogen and oxygen atoms in total. The molecule has 0 spiro atoms. The first-order valence-corrected chi connectivity index (χ1v) is 7.15. The number of phenolic OH excluding ortho intramolecular Hbond substituents is 1. The SMILES string of the molecule is COC(=O)[C@@H](SC(=O)c1cc(OC)c(O)c(OC)c1)[C@@H](C)O. The van der Waals surface area contributed by atoms with Crippen molar-refractivity contribution in [1.82, 2.24) is 0 Å². The number of aliphatic hydroxyl groups is 1. The molecule has 0 aromatic heterocycles. The van der Waals surface area contributed by atoms with Gasteiger partial charge in [-0.1, -0.05) is 11.8 Å². The lowest BCUT2D eigenvalue weighted by atomic mass is 10.2. The highest BCUT2D eigenvalue weighted by molar-refractivity contribution is 8.15. The average Bonchev–Trinajstić information content (AvgIpc) is 2.51. The molecular formula is C14H18O7S. The van der Waals surface area contributed by atoms with E-state index in [0.29, 0.717) is 11.8 Å². The van der Waals surface area contributed by atoms with Crippen molar-refractivity contribution in [2.75, 3.05) is 21.3 Å². The third-order valence-electron chi connectivity index (χ3n) is 2.82. The van der Waals surface area contributed by atoms with Crippen molar-refractivity contribution in [3.63, 3.8) is 0 Å². The van der Waals surface area contributed by atoms with Crippen molar-refractivity contribution in [2.45, 2.75) is 18.3 Å². The van der Waals surface area contributed by atoms with Crippen molar-refractivity contribution >= 4 is 22.8 Å². The molecule has 0 saturated heterocycles. The van der Waals surface area contributed by atoms with Crippen molar-refractivity contribution < 1.29 is 34.0 Å². The molecule has 0 saturated carbocycles. The number of phenols is 1. The number of ether oxygens (including phenoxy) is 3. The maximum absolute atomic E-state index is 12.3. The topological polar surface area (TPSA) is 102 Å². The van der Waals surface area contributed by atoms with E-state index in [0.717, 1.165) is 0 Å². The first-order chi connectivity index (χ1) is 10.3. The summed E-state index contributed by atoms with van der Waals surface area (Å²) < 4.78 is 14.5. The maximum atomic E-state index is 12.3. The highest BCUT2D eigenvalue weighted by atomic mass is 32.2. The number of benzene rings is 1. The molecule has 2 atom stereocenters. The highest BCUT2D eigenvalue weighted by Gasteiger charge is 2.29. The Morgan fingerprint density at radius 3 is 2.00 bits per heavy atom. The quantitative estimate of drug-likeness (QED) is 0.750. The molecule has 1 aromatic carbocycles. The second-order valence-electron chi connectivity index (χ2n) is 4.32. The van der Waals surface area contributed by atoms with Crippen LogP contribution in [0.15, 0.2) is 12.1 Å². The van der Waals surface area contributed by atoms with Crippen molar-refractivity contribution in [1.29, 1.82) is 0 Å². The van der Waals surface area contributed by atoms with Crippen molar-refractivity contribution in [3.8, 4) is 17.2 Å². The Morgan fingerprint density at radius 1 is 1.14 bits per heavy atom. The van der Waals surface area contributed by atoms with Crippen LogP contribution in [-0.2, 0) is 9.53 Å². The maximum Gasteiger partial charge on any atom is 0.321 e. The largest absolute Gasteiger partial charge is 0.502 e. The Kier molecular flexibility index (Phi) is 6.51. The summed E-state index contributed by atoms with van der Waals surface area (Å²) >= 11 is 0.627. The van der Waals surface area contributed by atoms with Gasteiger partial charge < -0.3 is 24.4 Å². The molecule has 2 N–H and O–H groups in total. The van der Waals surface area contributed by atoms with Gasteiger partial charge in [0.15, 0.2) is 11.5 Å². The zero-order valence-corrected chi connectivity index (χ0v) is 13.5. The Labute approximate surface area is 132 Å². The van der Waals surface area contributed by atoms with E-state index in [9.17, 15) is 19.8 Å². The van der Waals surface area contributed by atoms with E-state index in [1.165, 1.54) is 40.4 Å². The summed E-state index contributed by atoms with van der Waals surface area (Å²) in [5, 5.41) is 17.9. The molecule has 0 heterocycles. The van der Waals surface area contributed by atoms with Crippen LogP contribution in [-0.4, -0.2) is 54.0 Å². The number of carbonyl (C=O) groups excluding carboxylic acids is 2. The Morgan fingerprint density at radius 2 is 1.64 bits per heavy atom. The molecule has 0 aliphatic carbocycles. The Hall–Kier alpha value is -1.93. The van der Waals surface area contributed by atoms with Gasteiger partial charge in [-0.15, -0.1) is 0 Å². The fourth-order valence-electron chi connectivity index (χ4n) is 1.65. The molecule has 0 aliphatic rings. The number of hydrogen-bond acceptors (Lipinski definition) is 8. The Bertz CT molecular complexity index is 531. The van der Waals surface area contributed by atoms with Crippen LogP contribution in [0.25, 0.3) is 0 Å². The molecule has 1 aromatic rings. The second-order valence-corrected chi connectivity index (χ2v) is 5.43. The Balaban J connectivity index is 3.09. The van der Waals surface area contributed by atoms with E-state index in [-0.39, 0.29) is 22.8 Å². The van der Waals surface area contributed by atoms with Crippen LogP contribution in [0, 0.1) is 0 Å². The minimum Gasteiger partial charge on any atom is -0.502 e. The molecule has 8 heteroatoms. The van der Waals surface area contributed by atoms with Gasteiger partial charge >= 0.3 is 5.97 Å². The molecule has 122 valence electrons. The van der Waals surface area contributed by atoms with Gasteiger partial charge in [-0.3, -0.25) is 9.59 Å². The van der Waals surface area contributed by atoms with Crippen LogP contribution in [0.3, 0.4) is 0 Å². The predicted octanol–water partition coefficient (Wildman–Crippen LogP) is 1.21. The van der Waals surface area contributed by atoms with Crippen LogP contribution in [0.5, 0.6) is 17.2 Å². The summed E-state index contributed by atoms with van der Waals surface area (Å²) in [5.74, 6) is -0.803. The van der Waals surface area contributed by atoms with E-state index in [4.69, 9.17) is 9.47 Å². The van der Waals surface area contributed by atoms with Gasteiger partial charge in [0.25, 0.3) is 0 Å². The molecule has 0 unspecified atom stereocenters. The first-order valence-electron chi connectivity index (χ1n) is 6.27. The summed E-state index contributed by atoms with van der Waals surface area (Å²) in [5.41, 5.74) is 0.158. The normalized spacial score (nSPS) is 13.1. The zero-order chi connectivity index (χ0) is 16.9. The average molecular weight is 330 g/mol. The highest BCUT2D eigenvalue weighted by Crippen LogP contribution is 2.38. The fourth-order valence-corrected chi connectivity index (χ4v) is 2.53. The van der Waals surface area contributed by atoms with Gasteiger partial charge in [0.2, 0.25) is 10.9 Å². The van der Waals surface area contributed by atoms with Crippen LogP contribution < -0.4 is 9.47 Å². The molecule has 0 radical (unpaired) electrons. The van der Waals surface area contributed by atoms with Crippen LogP contribution >= 0.6 is 11.8 Å². The first kappa shape index (κ1) is 18.1. The molecule has 22 heavy (non-hydrogen) atoms. The summed E-state index contributed by atoms with van der Waals surface area (Å²) in [7, 11) is 3.85. The molecule has 0 bridgehead atoms. The van der Waals surface area contributed by atoms with Gasteiger partial charge in [-0.2, -0.15) is 0 Å². The lowest BCUT2D eigenvalue weighted by Gasteiger charge is -2.16. The second kappa shape index (κ2) is 7.90. The van der Waals surface area contributed by atoms with Crippen molar-refractivity contribution in [2.24, 2.45) is 0 Å². The van der Waals surface area contributed by atoms with Crippen molar-refractivity contribution in [3.05, 3.63) is 17.7 Å². The van der Waals surface area contributed by atoms with Gasteiger partial charge in [-0.05, 0) is 19.1 Å². The van der Waals surface area contributed by atoms with Crippen LogP contribution in [0.4, 0.5) is 0 Å². The molecule has 1 rings (SSSR count). The number of hydrogen-bond donors (Lipinski definition) is 2. The summed E-state index contributed by atoms with van der Waals surface area (Å²) in [4.78, 5) is 23.9. The van der Waals surface area contributed by atoms with Gasteiger partial charge in [0, 0.05) is 5.56 Å². The van der Waals surface area contributed by atoms with Gasteiger partial charge in [-0.25, -0.2) is 0 Å². The predicted molar refractivity (Wildman–Crippen MR) is 80.6 cm³/mol. The minimum atomic E-state index is -1.07. The van der Waals surface area contributed by atoms with Crippen LogP contribution in [0.1, 0.15) is 17.3 Å². The van der Waals surface area contributed by atoms with Crippen LogP contribution in [0.2, 0.25) is 0 Å². The van der Waals surface area contributed by atoms with Gasteiger partial charge in [0.1, 0.15) is 5.25 Å².